The van der Waals surface area contributed by atoms with E-state index in [-0.39, 0.29) is 11.8 Å². The van der Waals surface area contributed by atoms with Crippen molar-refractivity contribution >= 4 is 35.3 Å². The number of amides is 2. The summed E-state index contributed by atoms with van der Waals surface area (Å²) < 4.78 is 0. The molecule has 0 aromatic heterocycles. The summed E-state index contributed by atoms with van der Waals surface area (Å²) >= 11 is 2.79. The topological polar surface area (TPSA) is 112 Å². The van der Waals surface area contributed by atoms with Crippen LogP contribution in [0.3, 0.4) is 0 Å². The lowest BCUT2D eigenvalue weighted by molar-refractivity contribution is 0.0934. The fraction of sp³-hybridized carbons (Fsp3) is 0.545. The Morgan fingerprint density at radius 3 is 1.50 bits per heavy atom. The normalized spacial score (nSPS) is 10.6. The highest BCUT2D eigenvalue weighted by Crippen LogP contribution is 2.32. The van der Waals surface area contributed by atoms with Gasteiger partial charge in [-0.3, -0.25) is 9.59 Å². The van der Waals surface area contributed by atoms with Gasteiger partial charge in [0.15, 0.2) is 0 Å². The minimum atomic E-state index is -0.215. The molecular weight excluding hydrogens is 444 g/mol. The van der Waals surface area contributed by atoms with Gasteiger partial charge in [-0.1, -0.05) is 0 Å². The minimum Gasteiger partial charge on any atom is -0.351 e. The maximum absolute atomic E-state index is 12.9. The Hall–Kier alpha value is -2.24. The molecule has 0 unspecified atom stereocenters. The number of nitrogens with one attached hydrogen (secondary N) is 2. The molecule has 0 heterocycles. The van der Waals surface area contributed by atoms with E-state index >= 15 is 0 Å². The van der Waals surface area contributed by atoms with Crippen molar-refractivity contribution in [2.75, 3.05) is 65.9 Å². The lowest BCUT2D eigenvalue weighted by Gasteiger charge is -2.17. The molecule has 2 N–H and O–H groups in total. The zero-order chi connectivity index (χ0) is 23.9. The molecule has 0 aliphatic heterocycles. The van der Waals surface area contributed by atoms with Gasteiger partial charge in [0, 0.05) is 60.3 Å². The summed E-state index contributed by atoms with van der Waals surface area (Å²) in [7, 11) is 7.73. The first-order valence-electron chi connectivity index (χ1n) is 10.3. The zero-order valence-electron chi connectivity index (χ0n) is 19.2. The molecule has 0 bridgehead atoms. The highest BCUT2D eigenvalue weighted by atomic mass is 32.2. The SMILES string of the molecule is CN(C)CCNC(=O)c1cc(SCCC#N)c(C(=O)NCCN(C)C)cc1SCCC#N. The van der Waals surface area contributed by atoms with E-state index in [2.05, 4.69) is 22.8 Å². The van der Waals surface area contributed by atoms with Gasteiger partial charge in [0.05, 0.1) is 23.3 Å². The van der Waals surface area contributed by atoms with Gasteiger partial charge in [-0.05, 0) is 40.3 Å². The van der Waals surface area contributed by atoms with Crippen LogP contribution in [-0.4, -0.2) is 87.5 Å². The molecule has 8 nitrogen and oxygen atoms in total. The fourth-order valence-electron chi connectivity index (χ4n) is 2.54. The molecule has 0 atom stereocenters. The van der Waals surface area contributed by atoms with E-state index in [0.717, 1.165) is 0 Å². The molecule has 10 heteroatoms. The van der Waals surface area contributed by atoms with Crippen molar-refractivity contribution in [1.82, 2.24) is 20.4 Å². The minimum absolute atomic E-state index is 0.215. The maximum atomic E-state index is 12.9. The van der Waals surface area contributed by atoms with Crippen molar-refractivity contribution in [2.24, 2.45) is 0 Å². The number of carbonyl (C=O) groups is 2. The molecule has 2 amide bonds. The van der Waals surface area contributed by atoms with Crippen LogP contribution in [0.5, 0.6) is 0 Å². The Labute approximate surface area is 199 Å². The molecule has 32 heavy (non-hydrogen) atoms. The molecule has 0 aliphatic carbocycles. The lowest BCUT2D eigenvalue weighted by atomic mass is 10.1. The summed E-state index contributed by atoms with van der Waals surface area (Å²) in [6, 6.07) is 7.70. The van der Waals surface area contributed by atoms with Crippen molar-refractivity contribution in [3.63, 3.8) is 0 Å². The third kappa shape index (κ3) is 10.4. The van der Waals surface area contributed by atoms with Crippen LogP contribution in [0.1, 0.15) is 33.6 Å². The first-order valence-corrected chi connectivity index (χ1v) is 12.3. The molecular formula is C22H32N6O2S2. The summed E-state index contributed by atoms with van der Waals surface area (Å²) in [6.07, 6.45) is 0.685. The van der Waals surface area contributed by atoms with E-state index in [4.69, 9.17) is 10.5 Å². The quantitative estimate of drug-likeness (QED) is 0.311. The molecule has 0 fully saturated rings. The van der Waals surface area contributed by atoms with E-state index < -0.39 is 0 Å². The van der Waals surface area contributed by atoms with Crippen LogP contribution in [0.25, 0.3) is 0 Å². The third-order valence-corrected chi connectivity index (χ3v) is 6.32. The average molecular weight is 477 g/mol. The number of hydrogen-bond acceptors (Lipinski definition) is 8. The number of hydrogen-bond donors (Lipinski definition) is 2. The van der Waals surface area contributed by atoms with E-state index in [1.807, 2.05) is 38.0 Å². The van der Waals surface area contributed by atoms with Crippen LogP contribution in [0, 0.1) is 22.7 Å². The molecule has 1 aromatic carbocycles. The maximum Gasteiger partial charge on any atom is 0.252 e. The monoisotopic (exact) mass is 476 g/mol. The summed E-state index contributed by atoms with van der Waals surface area (Å²) in [4.78, 5) is 31.1. The van der Waals surface area contributed by atoms with Crippen LogP contribution in [-0.2, 0) is 0 Å². The molecule has 0 spiro atoms. The highest BCUT2D eigenvalue weighted by molar-refractivity contribution is 7.99. The Morgan fingerprint density at radius 1 is 0.812 bits per heavy atom. The zero-order valence-corrected chi connectivity index (χ0v) is 20.9. The predicted octanol–water partition coefficient (Wildman–Crippen LogP) is 2.28. The van der Waals surface area contributed by atoms with Gasteiger partial charge in [0.25, 0.3) is 11.8 Å². The second kappa shape index (κ2) is 15.5. The molecule has 0 saturated heterocycles. The smallest absolute Gasteiger partial charge is 0.252 e. The van der Waals surface area contributed by atoms with Crippen LogP contribution in [0.4, 0.5) is 0 Å². The van der Waals surface area contributed by atoms with Gasteiger partial charge < -0.3 is 20.4 Å². The second-order valence-electron chi connectivity index (χ2n) is 7.48. The summed E-state index contributed by atoms with van der Waals surface area (Å²) in [5, 5.41) is 23.6. The number of nitrogens with zero attached hydrogens (tertiary/aromatic N) is 4. The van der Waals surface area contributed by atoms with Gasteiger partial charge in [0.2, 0.25) is 0 Å². The molecule has 0 radical (unpaired) electrons. The van der Waals surface area contributed by atoms with Crippen LogP contribution < -0.4 is 10.6 Å². The summed E-state index contributed by atoms with van der Waals surface area (Å²) in [5.41, 5.74) is 0.965. The largest absolute Gasteiger partial charge is 0.351 e. The molecule has 1 rings (SSSR count). The number of nitriles is 2. The van der Waals surface area contributed by atoms with Crippen molar-refractivity contribution in [3.05, 3.63) is 23.3 Å². The van der Waals surface area contributed by atoms with Gasteiger partial charge >= 0.3 is 0 Å². The third-order valence-electron chi connectivity index (χ3n) is 4.20. The van der Waals surface area contributed by atoms with Gasteiger partial charge in [0.1, 0.15) is 0 Å². The Balaban J connectivity index is 3.25. The fourth-order valence-corrected chi connectivity index (χ4v) is 4.39. The lowest BCUT2D eigenvalue weighted by Crippen LogP contribution is -2.33. The number of likely N-dealkylation sites (N-methyl/N-ethyl adjacent to an activating group) is 2. The standard InChI is InChI=1S/C22H32N6O2S2/c1-27(2)11-9-25-21(29)17-15-20(32-14-6-8-24)18(16-19(17)31-13-5-7-23)22(30)26-10-12-28(3)4/h15-16H,5-6,9-14H2,1-4H3,(H,25,29)(H,26,30). The average Bonchev–Trinajstić information content (AvgIpc) is 2.73. The summed E-state index contributed by atoms with van der Waals surface area (Å²) in [5.74, 6) is 0.620. The molecule has 1 aromatic rings. The summed E-state index contributed by atoms with van der Waals surface area (Å²) in [6.45, 7) is 2.41. The van der Waals surface area contributed by atoms with Gasteiger partial charge in [-0.2, -0.15) is 10.5 Å². The molecule has 0 aliphatic rings. The van der Waals surface area contributed by atoms with Gasteiger partial charge in [-0.25, -0.2) is 0 Å². The van der Waals surface area contributed by atoms with E-state index in [9.17, 15) is 9.59 Å². The molecule has 0 saturated carbocycles. The van der Waals surface area contributed by atoms with Crippen molar-refractivity contribution in [1.29, 1.82) is 10.5 Å². The van der Waals surface area contributed by atoms with E-state index in [1.54, 1.807) is 12.1 Å². The Morgan fingerprint density at radius 2 is 1.19 bits per heavy atom. The highest BCUT2D eigenvalue weighted by Gasteiger charge is 2.20. The number of benzene rings is 1. The van der Waals surface area contributed by atoms with Crippen LogP contribution in [0.2, 0.25) is 0 Å². The van der Waals surface area contributed by atoms with E-state index in [1.165, 1.54) is 23.5 Å². The number of thioether (sulfide) groups is 2. The number of rotatable bonds is 14. The second-order valence-corrected chi connectivity index (χ2v) is 9.75. The van der Waals surface area contributed by atoms with Crippen molar-refractivity contribution in [3.8, 4) is 12.1 Å². The first kappa shape index (κ1) is 27.8. The van der Waals surface area contributed by atoms with Crippen molar-refractivity contribution < 1.29 is 9.59 Å². The van der Waals surface area contributed by atoms with Crippen LogP contribution >= 0.6 is 23.5 Å². The first-order chi connectivity index (χ1) is 15.3. The van der Waals surface area contributed by atoms with E-state index in [0.29, 0.717) is 71.4 Å². The van der Waals surface area contributed by atoms with Crippen LogP contribution in [0.15, 0.2) is 21.9 Å². The Bertz CT molecular complexity index is 776. The van der Waals surface area contributed by atoms with Crippen molar-refractivity contribution in [2.45, 2.75) is 22.6 Å². The Kier molecular flexibility index (Phi) is 13.5. The predicted molar refractivity (Wildman–Crippen MR) is 130 cm³/mol. The van der Waals surface area contributed by atoms with Gasteiger partial charge in [-0.15, -0.1) is 23.5 Å². The molecule has 174 valence electrons. The number of carbonyl (C=O) groups excluding carboxylic acids is 2.